The van der Waals surface area contributed by atoms with E-state index in [1.165, 1.54) is 0 Å². The molecule has 0 bridgehead atoms. The monoisotopic (exact) mass is 243 g/mol. The van der Waals surface area contributed by atoms with Crippen molar-refractivity contribution in [1.82, 2.24) is 5.16 Å². The maximum Gasteiger partial charge on any atom is 0.163 e. The fourth-order valence-electron chi connectivity index (χ4n) is 2.23. The lowest BCUT2D eigenvalue weighted by Crippen LogP contribution is -1.99. The Morgan fingerprint density at radius 1 is 1.39 bits per heavy atom. The summed E-state index contributed by atoms with van der Waals surface area (Å²) in [6.45, 7) is 2.21. The Balaban J connectivity index is 1.80. The summed E-state index contributed by atoms with van der Waals surface area (Å²) in [4.78, 5) is 11.6. The van der Waals surface area contributed by atoms with Crippen LogP contribution in [0.2, 0.25) is 0 Å². The minimum absolute atomic E-state index is 0.202. The largest absolute Gasteiger partial charge is 0.487 e. The molecule has 0 amide bonds. The Hall–Kier alpha value is -2.10. The minimum Gasteiger partial charge on any atom is -0.487 e. The molecule has 1 aromatic carbocycles. The van der Waals surface area contributed by atoms with Gasteiger partial charge in [-0.25, -0.2) is 0 Å². The van der Waals surface area contributed by atoms with E-state index in [4.69, 9.17) is 9.26 Å². The molecule has 3 rings (SSSR count). The van der Waals surface area contributed by atoms with Gasteiger partial charge in [0.15, 0.2) is 5.78 Å². The molecule has 18 heavy (non-hydrogen) atoms. The molecule has 0 radical (unpaired) electrons. The van der Waals surface area contributed by atoms with E-state index in [1.807, 2.05) is 31.2 Å². The molecule has 1 aromatic heterocycles. The predicted molar refractivity (Wildman–Crippen MR) is 64.7 cm³/mol. The third-order valence-corrected chi connectivity index (χ3v) is 3.09. The maximum absolute atomic E-state index is 11.6. The molecule has 1 heterocycles. The number of ether oxygens (including phenoxy) is 1. The number of rotatable bonds is 3. The van der Waals surface area contributed by atoms with Gasteiger partial charge in [0.2, 0.25) is 0 Å². The number of nitrogens with zero attached hydrogens (tertiary/aromatic N) is 1. The van der Waals surface area contributed by atoms with Crippen molar-refractivity contribution in [2.45, 2.75) is 26.4 Å². The number of aromatic nitrogens is 1. The lowest BCUT2D eigenvalue weighted by Gasteiger charge is -2.08. The van der Waals surface area contributed by atoms with E-state index in [-0.39, 0.29) is 5.78 Å². The van der Waals surface area contributed by atoms with Crippen LogP contribution >= 0.6 is 0 Å². The van der Waals surface area contributed by atoms with Crippen molar-refractivity contribution in [3.63, 3.8) is 0 Å². The fraction of sp³-hybridized carbons (Fsp3) is 0.286. The predicted octanol–water partition coefficient (Wildman–Crippen LogP) is 2.69. The first-order chi connectivity index (χ1) is 8.74. The van der Waals surface area contributed by atoms with Crippen LogP contribution in [0.15, 0.2) is 28.8 Å². The van der Waals surface area contributed by atoms with Crippen LogP contribution in [-0.4, -0.2) is 10.9 Å². The summed E-state index contributed by atoms with van der Waals surface area (Å²) >= 11 is 0. The van der Waals surface area contributed by atoms with Crippen LogP contribution < -0.4 is 4.74 Å². The number of carbonyl (C=O) groups is 1. The lowest BCUT2D eigenvalue weighted by molar-refractivity contribution is 0.0994. The summed E-state index contributed by atoms with van der Waals surface area (Å²) in [5, 5.41) is 3.87. The zero-order chi connectivity index (χ0) is 12.5. The van der Waals surface area contributed by atoms with E-state index in [2.05, 4.69) is 5.16 Å². The Labute approximate surface area is 105 Å². The number of ketones is 1. The number of hydrogen-bond acceptors (Lipinski definition) is 4. The highest BCUT2D eigenvalue weighted by atomic mass is 16.5. The average Bonchev–Trinajstić information content (AvgIpc) is 2.94. The molecular formula is C14H13NO3. The smallest absolute Gasteiger partial charge is 0.163 e. The van der Waals surface area contributed by atoms with Crippen molar-refractivity contribution in [3.8, 4) is 5.75 Å². The topological polar surface area (TPSA) is 52.3 Å². The Morgan fingerprint density at radius 3 is 3.06 bits per heavy atom. The summed E-state index contributed by atoms with van der Waals surface area (Å²) in [5.74, 6) is 1.74. The summed E-state index contributed by atoms with van der Waals surface area (Å²) in [7, 11) is 0. The number of benzene rings is 1. The molecule has 4 nitrogen and oxygen atoms in total. The zero-order valence-corrected chi connectivity index (χ0v) is 10.1. The second-order valence-corrected chi connectivity index (χ2v) is 4.42. The Kier molecular flexibility index (Phi) is 2.63. The van der Waals surface area contributed by atoms with Crippen LogP contribution in [-0.2, 0) is 13.0 Å². The zero-order valence-electron chi connectivity index (χ0n) is 10.1. The summed E-state index contributed by atoms with van der Waals surface area (Å²) in [5.41, 5.74) is 2.57. The summed E-state index contributed by atoms with van der Waals surface area (Å²) < 4.78 is 10.7. The molecule has 0 aliphatic heterocycles. The molecule has 0 spiro atoms. The highest BCUT2D eigenvalue weighted by molar-refractivity contribution is 6.01. The number of Topliss-reactive ketones (excluding diaryl/α,β-unsaturated/α-hetero) is 1. The van der Waals surface area contributed by atoms with Gasteiger partial charge in [0, 0.05) is 23.6 Å². The van der Waals surface area contributed by atoms with Crippen molar-refractivity contribution >= 4 is 5.78 Å². The molecule has 0 fully saturated rings. The van der Waals surface area contributed by atoms with Crippen LogP contribution in [0, 0.1) is 6.92 Å². The van der Waals surface area contributed by atoms with E-state index in [0.29, 0.717) is 13.0 Å². The molecule has 0 unspecified atom stereocenters. The molecule has 1 aliphatic rings. The molecular weight excluding hydrogens is 230 g/mol. The van der Waals surface area contributed by atoms with Crippen molar-refractivity contribution in [2.24, 2.45) is 0 Å². The molecule has 4 heteroatoms. The maximum atomic E-state index is 11.6. The normalized spacial score (nSPS) is 13.7. The van der Waals surface area contributed by atoms with Gasteiger partial charge in [-0.05, 0) is 19.4 Å². The molecule has 2 aromatic rings. The number of hydrogen-bond donors (Lipinski definition) is 0. The molecule has 0 atom stereocenters. The van der Waals surface area contributed by atoms with Gasteiger partial charge in [0.05, 0.1) is 0 Å². The van der Waals surface area contributed by atoms with Crippen LogP contribution in [0.3, 0.4) is 0 Å². The third kappa shape index (κ3) is 1.90. The molecule has 0 N–H and O–H groups in total. The van der Waals surface area contributed by atoms with E-state index >= 15 is 0 Å². The summed E-state index contributed by atoms with van der Waals surface area (Å²) in [6, 6.07) is 7.45. The van der Waals surface area contributed by atoms with Gasteiger partial charge in [-0.1, -0.05) is 17.3 Å². The molecule has 92 valence electrons. The Morgan fingerprint density at radius 2 is 2.28 bits per heavy atom. The van der Waals surface area contributed by atoms with Gasteiger partial charge < -0.3 is 9.26 Å². The quantitative estimate of drug-likeness (QED) is 0.831. The van der Waals surface area contributed by atoms with Crippen LogP contribution in [0.4, 0.5) is 0 Å². The SMILES string of the molecule is Cc1cc(COc2cccc3c2CCC3=O)no1. The number of carbonyl (C=O) groups excluding carboxylic acids is 1. The first-order valence-electron chi connectivity index (χ1n) is 5.94. The van der Waals surface area contributed by atoms with Crippen molar-refractivity contribution in [1.29, 1.82) is 0 Å². The van der Waals surface area contributed by atoms with Crippen molar-refractivity contribution in [3.05, 3.63) is 46.8 Å². The number of aryl methyl sites for hydroxylation is 1. The first-order valence-corrected chi connectivity index (χ1v) is 5.94. The van der Waals surface area contributed by atoms with E-state index < -0.39 is 0 Å². The van der Waals surface area contributed by atoms with Gasteiger partial charge in [0.25, 0.3) is 0 Å². The highest BCUT2D eigenvalue weighted by Gasteiger charge is 2.22. The molecule has 0 saturated heterocycles. The Bertz CT molecular complexity index is 601. The molecule has 1 aliphatic carbocycles. The fourth-order valence-corrected chi connectivity index (χ4v) is 2.23. The van der Waals surface area contributed by atoms with Crippen LogP contribution in [0.1, 0.15) is 33.8 Å². The minimum atomic E-state index is 0.202. The second-order valence-electron chi connectivity index (χ2n) is 4.42. The van der Waals surface area contributed by atoms with Gasteiger partial charge in [-0.2, -0.15) is 0 Å². The highest BCUT2D eigenvalue weighted by Crippen LogP contribution is 2.30. The second kappa shape index (κ2) is 4.29. The third-order valence-electron chi connectivity index (χ3n) is 3.09. The van der Waals surface area contributed by atoms with Crippen LogP contribution in [0.5, 0.6) is 5.75 Å². The van der Waals surface area contributed by atoms with Gasteiger partial charge >= 0.3 is 0 Å². The van der Waals surface area contributed by atoms with Gasteiger partial charge in [0.1, 0.15) is 23.8 Å². The average molecular weight is 243 g/mol. The first kappa shape index (κ1) is 11.0. The van der Waals surface area contributed by atoms with E-state index in [9.17, 15) is 4.79 Å². The number of fused-ring (bicyclic) bond motifs is 1. The molecule has 0 saturated carbocycles. The van der Waals surface area contributed by atoms with Gasteiger partial charge in [-0.15, -0.1) is 0 Å². The lowest BCUT2D eigenvalue weighted by atomic mass is 10.1. The van der Waals surface area contributed by atoms with Crippen LogP contribution in [0.25, 0.3) is 0 Å². The van der Waals surface area contributed by atoms with Crippen molar-refractivity contribution in [2.75, 3.05) is 0 Å². The van der Waals surface area contributed by atoms with E-state index in [1.54, 1.807) is 0 Å². The van der Waals surface area contributed by atoms with Crippen molar-refractivity contribution < 1.29 is 14.1 Å². The standard InChI is InChI=1S/C14H13NO3/c1-9-7-10(15-18-9)8-17-14-4-2-3-11-12(14)5-6-13(11)16/h2-4,7H,5-6,8H2,1H3. The van der Waals surface area contributed by atoms with Gasteiger partial charge in [-0.3, -0.25) is 4.79 Å². The van der Waals surface area contributed by atoms with E-state index in [0.717, 1.165) is 34.8 Å². The summed E-state index contributed by atoms with van der Waals surface area (Å²) in [6.07, 6.45) is 1.35.